The van der Waals surface area contributed by atoms with Crippen LogP contribution in [0.1, 0.15) is 25.0 Å². The second-order valence-electron chi connectivity index (χ2n) is 12.0. The van der Waals surface area contributed by atoms with E-state index >= 15 is 0 Å². The van der Waals surface area contributed by atoms with E-state index in [0.717, 1.165) is 55.1 Å². The highest BCUT2D eigenvalue weighted by molar-refractivity contribution is 6.13. The van der Waals surface area contributed by atoms with Crippen LogP contribution in [0, 0.1) is 6.57 Å². The Balaban J connectivity index is 1.29. The number of para-hydroxylation sites is 3. The van der Waals surface area contributed by atoms with Gasteiger partial charge in [0.15, 0.2) is 11.3 Å². The van der Waals surface area contributed by atoms with Crippen molar-refractivity contribution in [2.24, 2.45) is 0 Å². The maximum atomic E-state index is 7.54. The van der Waals surface area contributed by atoms with Crippen molar-refractivity contribution in [3.63, 3.8) is 0 Å². The molecule has 44 heavy (non-hydrogen) atoms. The molecule has 9 rings (SSSR count). The number of rotatable bonds is 2. The van der Waals surface area contributed by atoms with Gasteiger partial charge in [-0.25, -0.2) is 4.85 Å². The maximum absolute atomic E-state index is 7.54. The fourth-order valence-electron chi connectivity index (χ4n) is 7.22. The topological polar surface area (TPSA) is 38.6 Å². The summed E-state index contributed by atoms with van der Waals surface area (Å²) in [6.07, 6.45) is 3.69. The van der Waals surface area contributed by atoms with Gasteiger partial charge in [-0.05, 0) is 71.1 Å². The normalized spacial score (nSPS) is 13.8. The van der Waals surface area contributed by atoms with Crippen molar-refractivity contribution in [1.82, 2.24) is 9.55 Å². The van der Waals surface area contributed by atoms with Crippen LogP contribution < -0.4 is 4.90 Å². The summed E-state index contributed by atoms with van der Waals surface area (Å²) in [6, 6.07) is 38.2. The molecule has 208 valence electrons. The van der Waals surface area contributed by atoms with E-state index < -0.39 is 0 Å². The lowest BCUT2D eigenvalue weighted by Gasteiger charge is -2.42. The number of hydrogen-bond acceptors (Lipinski definition) is 3. The molecule has 4 heterocycles. The van der Waals surface area contributed by atoms with Crippen molar-refractivity contribution >= 4 is 66.5 Å². The molecule has 5 heteroatoms. The molecule has 0 saturated carbocycles. The van der Waals surface area contributed by atoms with Gasteiger partial charge in [0, 0.05) is 39.7 Å². The molecule has 3 aromatic heterocycles. The lowest BCUT2D eigenvalue weighted by atomic mass is 9.73. The Morgan fingerprint density at radius 1 is 0.682 bits per heavy atom. The van der Waals surface area contributed by atoms with Crippen LogP contribution in [0.3, 0.4) is 0 Å². The van der Waals surface area contributed by atoms with E-state index in [1.165, 1.54) is 22.5 Å². The van der Waals surface area contributed by atoms with Crippen molar-refractivity contribution in [3.05, 3.63) is 144 Å². The van der Waals surface area contributed by atoms with Gasteiger partial charge in [-0.15, -0.1) is 0 Å². The molecule has 0 fully saturated rings. The summed E-state index contributed by atoms with van der Waals surface area (Å²) >= 11 is 0. The average Bonchev–Trinajstić information content (AvgIpc) is 3.60. The van der Waals surface area contributed by atoms with Crippen LogP contribution in [0.4, 0.5) is 22.7 Å². The number of fused-ring (bicyclic) bond motifs is 8. The number of pyridine rings is 1. The number of furan rings is 1. The predicted octanol–water partition coefficient (Wildman–Crippen LogP) is 10.7. The van der Waals surface area contributed by atoms with Gasteiger partial charge in [-0.1, -0.05) is 68.4 Å². The molecule has 1 aliphatic heterocycles. The summed E-state index contributed by atoms with van der Waals surface area (Å²) in [5, 5.41) is 4.13. The third kappa shape index (κ3) is 3.25. The van der Waals surface area contributed by atoms with Gasteiger partial charge < -0.3 is 13.9 Å². The maximum Gasteiger partial charge on any atom is 0.188 e. The smallest absolute Gasteiger partial charge is 0.188 e. The van der Waals surface area contributed by atoms with E-state index in [0.29, 0.717) is 5.69 Å². The summed E-state index contributed by atoms with van der Waals surface area (Å²) in [4.78, 5) is 10.4. The highest BCUT2D eigenvalue weighted by Crippen LogP contribution is 2.52. The minimum absolute atomic E-state index is 0.113. The first-order chi connectivity index (χ1) is 21.5. The van der Waals surface area contributed by atoms with E-state index in [1.807, 2.05) is 36.7 Å². The van der Waals surface area contributed by atoms with E-state index in [4.69, 9.17) is 11.0 Å². The lowest BCUT2D eigenvalue weighted by Crippen LogP contribution is -2.30. The second kappa shape index (κ2) is 8.82. The molecule has 0 radical (unpaired) electrons. The molecule has 0 bridgehead atoms. The standard InChI is InChI=1S/C39H26N4O/c1-39(2)30-10-4-6-12-34(30)42(35-13-7-5-11-31(35)39)25-16-18-37-28(22-25)26-9-8-14-36(38(26)44-37)43-32-17-15-24(40-3)21-27(32)29-23-41-20-19-33(29)43/h4-23H,1-2H3. The number of aromatic nitrogens is 2. The number of anilines is 3. The Bertz CT molecular complexity index is 2460. The molecule has 0 N–H and O–H groups in total. The Kier molecular flexibility index (Phi) is 4.96. The Morgan fingerprint density at radius 2 is 1.41 bits per heavy atom. The molecule has 8 aromatic rings. The number of hydrogen-bond donors (Lipinski definition) is 0. The Labute approximate surface area is 254 Å². The van der Waals surface area contributed by atoms with E-state index in [9.17, 15) is 0 Å². The predicted molar refractivity (Wildman–Crippen MR) is 179 cm³/mol. The minimum atomic E-state index is -0.113. The van der Waals surface area contributed by atoms with Gasteiger partial charge in [0.2, 0.25) is 0 Å². The number of benzene rings is 5. The highest BCUT2D eigenvalue weighted by atomic mass is 16.3. The second-order valence-corrected chi connectivity index (χ2v) is 12.0. The fraction of sp³-hybridized carbons (Fsp3) is 0.0769. The van der Waals surface area contributed by atoms with Gasteiger partial charge in [-0.3, -0.25) is 4.98 Å². The number of nitrogens with zero attached hydrogens (tertiary/aromatic N) is 4. The van der Waals surface area contributed by atoms with Crippen LogP contribution in [0.25, 0.3) is 54.3 Å². The van der Waals surface area contributed by atoms with Gasteiger partial charge in [0.05, 0.1) is 34.7 Å². The zero-order chi connectivity index (χ0) is 29.6. The average molecular weight is 567 g/mol. The van der Waals surface area contributed by atoms with Crippen molar-refractivity contribution in [3.8, 4) is 5.69 Å². The molecule has 0 amide bonds. The summed E-state index contributed by atoms with van der Waals surface area (Å²) in [5.74, 6) is 0. The van der Waals surface area contributed by atoms with Gasteiger partial charge in [0.1, 0.15) is 5.58 Å². The SMILES string of the molecule is [C-]#[N+]c1ccc2c(c1)c1cnccc1n2-c1cccc2c1oc1ccc(N3c4ccccc4C(C)(C)c4ccccc43)cc12. The van der Waals surface area contributed by atoms with E-state index in [-0.39, 0.29) is 5.41 Å². The van der Waals surface area contributed by atoms with E-state index in [2.05, 4.69) is 118 Å². The van der Waals surface area contributed by atoms with Crippen LogP contribution in [-0.4, -0.2) is 9.55 Å². The third-order valence-electron chi connectivity index (χ3n) is 9.27. The van der Waals surface area contributed by atoms with Crippen LogP contribution in [-0.2, 0) is 5.41 Å². The molecule has 0 aliphatic carbocycles. The van der Waals surface area contributed by atoms with Crippen LogP contribution in [0.2, 0.25) is 0 Å². The lowest BCUT2D eigenvalue weighted by molar-refractivity contribution is 0.632. The van der Waals surface area contributed by atoms with Crippen molar-refractivity contribution in [2.75, 3.05) is 4.90 Å². The van der Waals surface area contributed by atoms with Crippen LogP contribution in [0.5, 0.6) is 0 Å². The zero-order valence-electron chi connectivity index (χ0n) is 24.2. The summed E-state index contributed by atoms with van der Waals surface area (Å²) in [7, 11) is 0. The molecular formula is C39H26N4O. The fourth-order valence-corrected chi connectivity index (χ4v) is 7.22. The first-order valence-corrected chi connectivity index (χ1v) is 14.7. The first-order valence-electron chi connectivity index (χ1n) is 14.7. The van der Waals surface area contributed by atoms with Crippen LogP contribution in [0.15, 0.2) is 126 Å². The largest absolute Gasteiger partial charge is 0.454 e. The highest BCUT2D eigenvalue weighted by Gasteiger charge is 2.36. The summed E-state index contributed by atoms with van der Waals surface area (Å²) in [6.45, 7) is 12.2. The monoisotopic (exact) mass is 566 g/mol. The molecule has 0 atom stereocenters. The van der Waals surface area contributed by atoms with Crippen LogP contribution >= 0.6 is 0 Å². The first kappa shape index (κ1) is 24.7. The van der Waals surface area contributed by atoms with Crippen molar-refractivity contribution < 1.29 is 4.42 Å². The zero-order valence-corrected chi connectivity index (χ0v) is 24.2. The minimum Gasteiger partial charge on any atom is -0.454 e. The quantitative estimate of drug-likeness (QED) is 0.195. The van der Waals surface area contributed by atoms with Gasteiger partial charge in [-0.2, -0.15) is 0 Å². The molecule has 0 saturated heterocycles. The summed E-state index contributed by atoms with van der Waals surface area (Å²) < 4.78 is 8.89. The molecule has 5 nitrogen and oxygen atoms in total. The van der Waals surface area contributed by atoms with E-state index in [1.54, 1.807) is 0 Å². The molecule has 1 aliphatic rings. The summed E-state index contributed by atoms with van der Waals surface area (Å²) in [5.41, 5.74) is 11.3. The van der Waals surface area contributed by atoms with Crippen molar-refractivity contribution in [2.45, 2.75) is 19.3 Å². The van der Waals surface area contributed by atoms with Crippen molar-refractivity contribution in [1.29, 1.82) is 0 Å². The molecular weight excluding hydrogens is 540 g/mol. The Hall–Kier alpha value is -5.86. The van der Waals surface area contributed by atoms with Gasteiger partial charge in [0.25, 0.3) is 0 Å². The molecule has 0 spiro atoms. The third-order valence-corrected chi connectivity index (χ3v) is 9.27. The molecule has 0 unspecified atom stereocenters. The molecule has 5 aromatic carbocycles. The van der Waals surface area contributed by atoms with Gasteiger partial charge >= 0.3 is 0 Å². The Morgan fingerprint density at radius 3 is 2.18 bits per heavy atom.